The van der Waals surface area contributed by atoms with Crippen LogP contribution in [-0.2, 0) is 4.74 Å². The highest BCUT2D eigenvalue weighted by Gasteiger charge is 2.10. The van der Waals surface area contributed by atoms with Crippen LogP contribution in [0.2, 0.25) is 0 Å². The number of carbonyl (C=O) groups is 1. The van der Waals surface area contributed by atoms with E-state index in [0.29, 0.717) is 5.69 Å². The van der Waals surface area contributed by atoms with Gasteiger partial charge >= 0.3 is 5.97 Å². The highest BCUT2D eigenvalue weighted by molar-refractivity contribution is 5.94. The maximum Gasteiger partial charge on any atom is 0.337 e. The number of carboxylic acid groups (broad SMARTS) is 1. The number of nitrogens with one attached hydrogen (secondary N) is 1. The number of hydrazone groups is 1. The van der Waals surface area contributed by atoms with Gasteiger partial charge in [-0.1, -0.05) is 24.3 Å². The van der Waals surface area contributed by atoms with Crippen molar-refractivity contribution in [2.75, 3.05) is 36.6 Å². The standard InChI is InChI=1S/C18H19N3O3/c22-18(23)16-3-1-2-4-17(16)20-19-13-14-5-7-15(8-6-14)21-9-11-24-12-10-21/h1-8,13,20H,9-12H2,(H,22,23)/b19-13+. The molecule has 24 heavy (non-hydrogen) atoms. The van der Waals surface area contributed by atoms with Crippen LogP contribution in [0, 0.1) is 0 Å². The summed E-state index contributed by atoms with van der Waals surface area (Å²) in [5.41, 5.74) is 5.54. The Hall–Kier alpha value is -2.86. The van der Waals surface area contributed by atoms with E-state index in [2.05, 4.69) is 27.6 Å². The third-order valence-corrected chi connectivity index (χ3v) is 3.83. The Balaban J connectivity index is 1.64. The molecule has 0 spiro atoms. The summed E-state index contributed by atoms with van der Waals surface area (Å²) in [4.78, 5) is 13.4. The third-order valence-electron chi connectivity index (χ3n) is 3.83. The smallest absolute Gasteiger partial charge is 0.337 e. The van der Waals surface area contributed by atoms with Crippen molar-refractivity contribution in [3.8, 4) is 0 Å². The minimum atomic E-state index is -0.983. The number of para-hydroxylation sites is 1. The molecule has 1 fully saturated rings. The molecule has 3 rings (SSSR count). The second-order valence-corrected chi connectivity index (χ2v) is 5.41. The van der Waals surface area contributed by atoms with Gasteiger partial charge in [0.2, 0.25) is 0 Å². The van der Waals surface area contributed by atoms with E-state index in [1.807, 2.05) is 12.1 Å². The average molecular weight is 325 g/mol. The molecular weight excluding hydrogens is 306 g/mol. The zero-order valence-electron chi connectivity index (χ0n) is 13.2. The number of hydrogen-bond acceptors (Lipinski definition) is 5. The topological polar surface area (TPSA) is 74.2 Å². The van der Waals surface area contributed by atoms with E-state index < -0.39 is 5.97 Å². The monoisotopic (exact) mass is 325 g/mol. The fraction of sp³-hybridized carbons (Fsp3) is 0.222. The molecule has 6 heteroatoms. The van der Waals surface area contributed by atoms with Gasteiger partial charge in [-0.2, -0.15) is 5.10 Å². The second kappa shape index (κ2) is 7.61. The summed E-state index contributed by atoms with van der Waals surface area (Å²) >= 11 is 0. The van der Waals surface area contributed by atoms with Crippen LogP contribution in [0.4, 0.5) is 11.4 Å². The number of anilines is 2. The van der Waals surface area contributed by atoms with Crippen LogP contribution in [-0.4, -0.2) is 43.6 Å². The second-order valence-electron chi connectivity index (χ2n) is 5.41. The summed E-state index contributed by atoms with van der Waals surface area (Å²) < 4.78 is 5.35. The summed E-state index contributed by atoms with van der Waals surface area (Å²) in [5, 5.41) is 13.3. The van der Waals surface area contributed by atoms with Crippen molar-refractivity contribution in [1.82, 2.24) is 0 Å². The summed E-state index contributed by atoms with van der Waals surface area (Å²) in [5.74, 6) is -0.983. The van der Waals surface area contributed by atoms with Crippen LogP contribution < -0.4 is 10.3 Å². The lowest BCUT2D eigenvalue weighted by molar-refractivity contribution is 0.0698. The summed E-state index contributed by atoms with van der Waals surface area (Å²) in [7, 11) is 0. The van der Waals surface area contributed by atoms with Crippen molar-refractivity contribution in [1.29, 1.82) is 0 Å². The van der Waals surface area contributed by atoms with Gasteiger partial charge in [0.15, 0.2) is 0 Å². The van der Waals surface area contributed by atoms with Gasteiger partial charge in [-0.25, -0.2) is 4.79 Å². The number of carboxylic acids is 1. The Labute approximate surface area is 140 Å². The SMILES string of the molecule is O=C(O)c1ccccc1N/N=C/c1ccc(N2CCOCC2)cc1. The first-order valence-electron chi connectivity index (χ1n) is 7.78. The molecule has 124 valence electrons. The Morgan fingerprint density at radius 3 is 2.54 bits per heavy atom. The normalized spacial score (nSPS) is 14.8. The first-order valence-corrected chi connectivity index (χ1v) is 7.78. The third kappa shape index (κ3) is 3.91. The number of ether oxygens (including phenoxy) is 1. The molecule has 1 heterocycles. The lowest BCUT2D eigenvalue weighted by Gasteiger charge is -2.28. The number of rotatable bonds is 5. The molecule has 1 saturated heterocycles. The molecule has 0 saturated carbocycles. The number of morpholine rings is 1. The first kappa shape index (κ1) is 16.0. The van der Waals surface area contributed by atoms with Gasteiger partial charge in [-0.15, -0.1) is 0 Å². The molecule has 2 aromatic rings. The van der Waals surface area contributed by atoms with Gasteiger partial charge in [0, 0.05) is 18.8 Å². The van der Waals surface area contributed by atoms with Crippen molar-refractivity contribution in [2.24, 2.45) is 5.10 Å². The Morgan fingerprint density at radius 2 is 1.83 bits per heavy atom. The van der Waals surface area contributed by atoms with Crippen molar-refractivity contribution in [2.45, 2.75) is 0 Å². The van der Waals surface area contributed by atoms with E-state index in [9.17, 15) is 4.79 Å². The van der Waals surface area contributed by atoms with Gasteiger partial charge in [-0.3, -0.25) is 5.43 Å². The zero-order valence-corrected chi connectivity index (χ0v) is 13.2. The lowest BCUT2D eigenvalue weighted by atomic mass is 10.2. The average Bonchev–Trinajstić information content (AvgIpc) is 2.63. The molecule has 0 atom stereocenters. The number of hydrogen-bond donors (Lipinski definition) is 2. The van der Waals surface area contributed by atoms with E-state index in [1.165, 1.54) is 11.8 Å². The molecule has 0 bridgehead atoms. The highest BCUT2D eigenvalue weighted by Crippen LogP contribution is 2.17. The Bertz CT molecular complexity index is 723. The number of benzene rings is 2. The van der Waals surface area contributed by atoms with E-state index in [4.69, 9.17) is 9.84 Å². The maximum atomic E-state index is 11.1. The fourth-order valence-electron chi connectivity index (χ4n) is 2.54. The summed E-state index contributed by atoms with van der Waals surface area (Å²) in [6, 6.07) is 14.7. The Morgan fingerprint density at radius 1 is 1.12 bits per heavy atom. The molecule has 0 aromatic heterocycles. The van der Waals surface area contributed by atoms with Crippen molar-refractivity contribution < 1.29 is 14.6 Å². The Kier molecular flexibility index (Phi) is 5.08. The van der Waals surface area contributed by atoms with Crippen LogP contribution >= 0.6 is 0 Å². The molecule has 1 aliphatic rings. The maximum absolute atomic E-state index is 11.1. The van der Waals surface area contributed by atoms with Gasteiger partial charge in [-0.05, 0) is 29.8 Å². The summed E-state index contributed by atoms with van der Waals surface area (Å²) in [6.45, 7) is 3.33. The van der Waals surface area contributed by atoms with Crippen molar-refractivity contribution in [3.63, 3.8) is 0 Å². The lowest BCUT2D eigenvalue weighted by Crippen LogP contribution is -2.36. The quantitative estimate of drug-likeness (QED) is 0.653. The predicted molar refractivity (Wildman–Crippen MR) is 94.1 cm³/mol. The summed E-state index contributed by atoms with van der Waals surface area (Å²) in [6.07, 6.45) is 1.67. The molecule has 2 aromatic carbocycles. The van der Waals surface area contributed by atoms with E-state index in [0.717, 1.165) is 31.9 Å². The van der Waals surface area contributed by atoms with E-state index in [1.54, 1.807) is 24.4 Å². The van der Waals surface area contributed by atoms with Crippen LogP contribution in [0.15, 0.2) is 53.6 Å². The molecule has 0 radical (unpaired) electrons. The largest absolute Gasteiger partial charge is 0.478 e. The van der Waals surface area contributed by atoms with Crippen LogP contribution in [0.3, 0.4) is 0 Å². The van der Waals surface area contributed by atoms with Crippen LogP contribution in [0.25, 0.3) is 0 Å². The molecular formula is C18H19N3O3. The van der Waals surface area contributed by atoms with Gasteiger partial charge in [0.25, 0.3) is 0 Å². The highest BCUT2D eigenvalue weighted by atomic mass is 16.5. The predicted octanol–water partition coefficient (Wildman–Crippen LogP) is 2.67. The molecule has 0 unspecified atom stereocenters. The van der Waals surface area contributed by atoms with E-state index >= 15 is 0 Å². The minimum absolute atomic E-state index is 0.192. The first-order chi connectivity index (χ1) is 11.7. The van der Waals surface area contributed by atoms with Gasteiger partial charge in [0.05, 0.1) is 30.7 Å². The van der Waals surface area contributed by atoms with E-state index in [-0.39, 0.29) is 5.56 Å². The van der Waals surface area contributed by atoms with Crippen molar-refractivity contribution >= 4 is 23.6 Å². The fourth-order valence-corrected chi connectivity index (χ4v) is 2.54. The number of aromatic carboxylic acids is 1. The van der Waals surface area contributed by atoms with Crippen LogP contribution in [0.5, 0.6) is 0 Å². The van der Waals surface area contributed by atoms with Crippen molar-refractivity contribution in [3.05, 3.63) is 59.7 Å². The molecule has 1 aliphatic heterocycles. The zero-order chi connectivity index (χ0) is 16.8. The number of nitrogens with zero attached hydrogens (tertiary/aromatic N) is 2. The molecule has 2 N–H and O–H groups in total. The molecule has 0 aliphatic carbocycles. The minimum Gasteiger partial charge on any atom is -0.478 e. The van der Waals surface area contributed by atoms with Gasteiger partial charge < -0.3 is 14.7 Å². The molecule has 6 nitrogen and oxygen atoms in total. The van der Waals surface area contributed by atoms with Gasteiger partial charge in [0.1, 0.15) is 0 Å². The molecule has 0 amide bonds. The van der Waals surface area contributed by atoms with Crippen LogP contribution in [0.1, 0.15) is 15.9 Å².